The van der Waals surface area contributed by atoms with Crippen LogP contribution in [0.25, 0.3) is 0 Å². The summed E-state index contributed by atoms with van der Waals surface area (Å²) in [7, 11) is 0. The third-order valence-corrected chi connectivity index (χ3v) is 4.59. The van der Waals surface area contributed by atoms with E-state index >= 15 is 0 Å². The Morgan fingerprint density at radius 1 is 1.36 bits per heavy atom. The van der Waals surface area contributed by atoms with E-state index in [2.05, 4.69) is 16.0 Å². The van der Waals surface area contributed by atoms with Crippen molar-refractivity contribution in [3.8, 4) is 6.07 Å². The zero-order valence-electron chi connectivity index (χ0n) is 14.1. The molecule has 0 aromatic carbocycles. The summed E-state index contributed by atoms with van der Waals surface area (Å²) in [6.07, 6.45) is 7.14. The van der Waals surface area contributed by atoms with E-state index < -0.39 is 12.0 Å². The Morgan fingerprint density at radius 2 is 2.05 bits per heavy atom. The molecule has 0 radical (unpaired) electrons. The summed E-state index contributed by atoms with van der Waals surface area (Å²) in [4.78, 5) is 6.49. The molecule has 1 aliphatic carbocycles. The topological polar surface area (TPSA) is 68.8 Å². The molecule has 0 bridgehead atoms. The summed E-state index contributed by atoms with van der Waals surface area (Å²) < 4.78 is 5.39. The van der Waals surface area contributed by atoms with Gasteiger partial charge in [-0.05, 0) is 53.0 Å². The molecule has 22 heavy (non-hydrogen) atoms. The van der Waals surface area contributed by atoms with Crippen LogP contribution in [0.4, 0.5) is 0 Å². The van der Waals surface area contributed by atoms with Crippen molar-refractivity contribution in [3.63, 3.8) is 0 Å². The van der Waals surface area contributed by atoms with Crippen molar-refractivity contribution in [2.75, 3.05) is 13.1 Å². The quantitative estimate of drug-likeness (QED) is 0.640. The number of likely N-dealkylation sites (tertiary alicyclic amines) is 1. The van der Waals surface area contributed by atoms with Crippen LogP contribution in [-0.4, -0.2) is 46.9 Å². The number of nitriles is 1. The number of aliphatic imine (C=N–C) groups is 1. The van der Waals surface area contributed by atoms with Gasteiger partial charge in [-0.25, -0.2) is 4.99 Å². The predicted octanol–water partition coefficient (Wildman–Crippen LogP) is 2.70. The lowest BCUT2D eigenvalue weighted by molar-refractivity contribution is -0.159. The maximum absolute atomic E-state index is 9.80. The van der Waals surface area contributed by atoms with Crippen LogP contribution in [0.5, 0.6) is 0 Å². The standard InChI is InChI=1S/C17H29N3O2/c1-16(2,3)22-15(21)19-11-14-7-6-10-20(12-14)17(13-18)8-4-5-9-17/h11,14-15,21H,4-10,12H2,1-3H3/b19-11-. The number of piperidine rings is 1. The molecular weight excluding hydrogens is 278 g/mol. The van der Waals surface area contributed by atoms with E-state index in [4.69, 9.17) is 4.74 Å². The first-order valence-electron chi connectivity index (χ1n) is 8.40. The molecule has 5 heteroatoms. The molecule has 1 heterocycles. The predicted molar refractivity (Wildman–Crippen MR) is 86.4 cm³/mol. The number of nitrogens with zero attached hydrogens (tertiary/aromatic N) is 3. The Hall–Kier alpha value is -0.960. The summed E-state index contributed by atoms with van der Waals surface area (Å²) in [5, 5.41) is 19.4. The average molecular weight is 307 g/mol. The number of aliphatic hydroxyl groups excluding tert-OH is 1. The van der Waals surface area contributed by atoms with Gasteiger partial charge in [-0.15, -0.1) is 0 Å². The molecule has 1 N–H and O–H groups in total. The Balaban J connectivity index is 1.92. The lowest BCUT2D eigenvalue weighted by atomic mass is 9.90. The molecule has 2 rings (SSSR count). The molecule has 5 nitrogen and oxygen atoms in total. The molecule has 0 aromatic rings. The SMILES string of the molecule is CC(C)(C)OC(O)/N=C\C1CCCN(C2(C#N)CCCC2)C1. The monoisotopic (exact) mass is 307 g/mol. The van der Waals surface area contributed by atoms with Crippen LogP contribution in [-0.2, 0) is 4.74 Å². The van der Waals surface area contributed by atoms with Crippen molar-refractivity contribution >= 4 is 6.21 Å². The molecule has 1 aliphatic heterocycles. The largest absolute Gasteiger partial charge is 0.350 e. The van der Waals surface area contributed by atoms with Gasteiger partial charge in [-0.2, -0.15) is 5.26 Å². The highest BCUT2D eigenvalue weighted by Gasteiger charge is 2.41. The zero-order chi connectivity index (χ0) is 16.2. The van der Waals surface area contributed by atoms with Crippen LogP contribution in [0.2, 0.25) is 0 Å². The maximum atomic E-state index is 9.80. The molecule has 2 atom stereocenters. The van der Waals surface area contributed by atoms with Crippen molar-refractivity contribution in [2.24, 2.45) is 10.9 Å². The average Bonchev–Trinajstić information content (AvgIpc) is 2.94. The van der Waals surface area contributed by atoms with E-state index in [1.54, 1.807) is 0 Å². The molecule has 1 saturated carbocycles. The third-order valence-electron chi connectivity index (χ3n) is 4.59. The summed E-state index contributed by atoms with van der Waals surface area (Å²) in [6.45, 7) is 7.54. The van der Waals surface area contributed by atoms with E-state index in [0.717, 1.165) is 51.6 Å². The van der Waals surface area contributed by atoms with Crippen molar-refractivity contribution in [3.05, 3.63) is 0 Å². The van der Waals surface area contributed by atoms with E-state index in [-0.39, 0.29) is 11.5 Å². The molecule has 2 unspecified atom stereocenters. The number of ether oxygens (including phenoxy) is 1. The molecule has 2 fully saturated rings. The van der Waals surface area contributed by atoms with Gasteiger partial charge in [0.1, 0.15) is 5.54 Å². The minimum absolute atomic E-state index is 0.257. The smallest absolute Gasteiger partial charge is 0.255 e. The van der Waals surface area contributed by atoms with E-state index in [1.165, 1.54) is 0 Å². The van der Waals surface area contributed by atoms with E-state index in [1.807, 2.05) is 27.0 Å². The van der Waals surface area contributed by atoms with Gasteiger partial charge in [-0.3, -0.25) is 4.90 Å². The van der Waals surface area contributed by atoms with E-state index in [0.29, 0.717) is 0 Å². The normalized spacial score (nSPS) is 27.9. The second-order valence-corrected chi connectivity index (χ2v) is 7.55. The van der Waals surface area contributed by atoms with Crippen LogP contribution in [0.15, 0.2) is 4.99 Å². The number of hydrogen-bond acceptors (Lipinski definition) is 5. The van der Waals surface area contributed by atoms with Crippen LogP contribution in [0.3, 0.4) is 0 Å². The molecule has 0 spiro atoms. The first-order valence-corrected chi connectivity index (χ1v) is 8.40. The van der Waals surface area contributed by atoms with Gasteiger partial charge in [0.25, 0.3) is 6.41 Å². The Bertz CT molecular complexity index is 430. The maximum Gasteiger partial charge on any atom is 0.255 e. The lowest BCUT2D eigenvalue weighted by Crippen LogP contribution is -2.50. The van der Waals surface area contributed by atoms with Crippen molar-refractivity contribution < 1.29 is 9.84 Å². The molecule has 1 saturated heterocycles. The van der Waals surface area contributed by atoms with E-state index in [9.17, 15) is 10.4 Å². The number of hydrogen-bond donors (Lipinski definition) is 1. The number of rotatable bonds is 4. The first kappa shape index (κ1) is 17.4. The molecule has 2 aliphatic rings. The van der Waals surface area contributed by atoms with Gasteiger partial charge < -0.3 is 9.84 Å². The van der Waals surface area contributed by atoms with Gasteiger partial charge in [0.15, 0.2) is 0 Å². The first-order chi connectivity index (χ1) is 10.3. The summed E-state index contributed by atoms with van der Waals surface area (Å²) in [5.41, 5.74) is -0.670. The van der Waals surface area contributed by atoms with Gasteiger partial charge in [0, 0.05) is 18.7 Å². The fraction of sp³-hybridized carbons (Fsp3) is 0.882. The van der Waals surface area contributed by atoms with Gasteiger partial charge >= 0.3 is 0 Å². The highest BCUT2D eigenvalue weighted by atomic mass is 16.6. The molecule has 124 valence electrons. The molecular formula is C17H29N3O2. The Morgan fingerprint density at radius 3 is 2.64 bits per heavy atom. The minimum atomic E-state index is -1.10. The molecule has 0 amide bonds. The van der Waals surface area contributed by atoms with Crippen molar-refractivity contribution in [1.82, 2.24) is 4.90 Å². The summed E-state index contributed by atoms with van der Waals surface area (Å²) >= 11 is 0. The van der Waals surface area contributed by atoms with Crippen LogP contribution < -0.4 is 0 Å². The molecule has 0 aromatic heterocycles. The highest BCUT2D eigenvalue weighted by molar-refractivity contribution is 5.61. The number of aliphatic hydroxyl groups is 1. The minimum Gasteiger partial charge on any atom is -0.350 e. The fourth-order valence-corrected chi connectivity index (χ4v) is 3.52. The zero-order valence-corrected chi connectivity index (χ0v) is 14.1. The van der Waals surface area contributed by atoms with Crippen LogP contribution in [0.1, 0.15) is 59.3 Å². The van der Waals surface area contributed by atoms with Crippen molar-refractivity contribution in [2.45, 2.75) is 76.9 Å². The summed E-state index contributed by atoms with van der Waals surface area (Å²) in [5.74, 6) is 0.290. The van der Waals surface area contributed by atoms with Gasteiger partial charge in [-0.1, -0.05) is 12.8 Å². The summed E-state index contributed by atoms with van der Waals surface area (Å²) in [6, 6.07) is 2.57. The van der Waals surface area contributed by atoms with Crippen LogP contribution >= 0.6 is 0 Å². The second-order valence-electron chi connectivity index (χ2n) is 7.55. The fourth-order valence-electron chi connectivity index (χ4n) is 3.52. The Kier molecular flexibility index (Phi) is 5.60. The van der Waals surface area contributed by atoms with Crippen LogP contribution in [0, 0.1) is 17.2 Å². The van der Waals surface area contributed by atoms with Crippen molar-refractivity contribution in [1.29, 1.82) is 5.26 Å². The lowest BCUT2D eigenvalue weighted by Gasteiger charge is -2.40. The van der Waals surface area contributed by atoms with Gasteiger partial charge in [0.2, 0.25) is 0 Å². The highest BCUT2D eigenvalue weighted by Crippen LogP contribution is 2.37. The third kappa shape index (κ3) is 4.52. The Labute approximate surface area is 134 Å². The second kappa shape index (κ2) is 7.08. The van der Waals surface area contributed by atoms with Gasteiger partial charge in [0.05, 0.1) is 11.7 Å².